The van der Waals surface area contributed by atoms with E-state index in [0.717, 1.165) is 41.5 Å². The highest BCUT2D eigenvalue weighted by molar-refractivity contribution is 7.88. The summed E-state index contributed by atoms with van der Waals surface area (Å²) in [4.78, 5) is 18.6. The average Bonchev–Trinajstić information content (AvgIpc) is 3.26. The van der Waals surface area contributed by atoms with E-state index in [4.69, 9.17) is 19.4 Å². The highest BCUT2D eigenvalue weighted by Gasteiger charge is 2.25. The van der Waals surface area contributed by atoms with Gasteiger partial charge in [-0.15, -0.1) is 0 Å². The summed E-state index contributed by atoms with van der Waals surface area (Å²) in [6.45, 7) is 5.76. The van der Waals surface area contributed by atoms with Crippen LogP contribution in [0.5, 0.6) is 5.75 Å². The van der Waals surface area contributed by atoms with E-state index in [1.165, 1.54) is 10.6 Å². The van der Waals surface area contributed by atoms with Crippen molar-refractivity contribution < 1.29 is 17.9 Å². The van der Waals surface area contributed by atoms with Crippen LogP contribution in [0.4, 0.5) is 5.82 Å². The Hall–Kier alpha value is -2.80. The number of imidazole rings is 1. The molecule has 3 aromatic rings. The monoisotopic (exact) mass is 487 g/mol. The smallest absolute Gasteiger partial charge is 0.211 e. The van der Waals surface area contributed by atoms with Crippen LogP contribution in [0, 0.1) is 0 Å². The standard InChI is InChI=1S/C22H29N7O4S/c1-32-20-3-4-23-13-18(20)19-16-28-15-17(14-26-5-7-29(8-6-26)34(2,30)31)24-21(28)22(25-19)27-9-11-33-12-10-27/h3-4,13,15-16H,5-12,14H2,1-2H3. The fourth-order valence-corrected chi connectivity index (χ4v) is 5.25. The normalized spacial score (nSPS) is 18.5. The number of morpholine rings is 1. The van der Waals surface area contributed by atoms with Crippen LogP contribution in [0.15, 0.2) is 30.9 Å². The summed E-state index contributed by atoms with van der Waals surface area (Å²) in [7, 11) is -1.51. The molecule has 0 amide bonds. The third-order valence-electron chi connectivity index (χ3n) is 6.24. The zero-order valence-electron chi connectivity index (χ0n) is 19.4. The van der Waals surface area contributed by atoms with E-state index in [9.17, 15) is 8.42 Å². The molecular formula is C22H29N7O4S. The second-order valence-corrected chi connectivity index (χ2v) is 10.5. The van der Waals surface area contributed by atoms with Gasteiger partial charge in [0.25, 0.3) is 0 Å². The van der Waals surface area contributed by atoms with Crippen molar-refractivity contribution in [3.05, 3.63) is 36.5 Å². The van der Waals surface area contributed by atoms with Gasteiger partial charge >= 0.3 is 0 Å². The number of anilines is 1. The number of rotatable bonds is 6. The minimum atomic E-state index is -3.15. The lowest BCUT2D eigenvalue weighted by Crippen LogP contribution is -2.47. The number of fused-ring (bicyclic) bond motifs is 1. The Morgan fingerprint density at radius 3 is 2.53 bits per heavy atom. The molecule has 2 aliphatic heterocycles. The fraction of sp³-hybridized carbons (Fsp3) is 0.500. The summed E-state index contributed by atoms with van der Waals surface area (Å²) in [5.41, 5.74) is 3.27. The summed E-state index contributed by atoms with van der Waals surface area (Å²) in [5.74, 6) is 1.51. The molecule has 2 aliphatic rings. The number of hydrogen-bond acceptors (Lipinski definition) is 9. The number of ether oxygens (including phenoxy) is 2. The molecule has 11 nitrogen and oxygen atoms in total. The average molecular weight is 488 g/mol. The summed E-state index contributed by atoms with van der Waals surface area (Å²) in [5, 5.41) is 0. The molecule has 5 rings (SSSR count). The van der Waals surface area contributed by atoms with Crippen molar-refractivity contribution in [3.63, 3.8) is 0 Å². The molecule has 0 N–H and O–H groups in total. The lowest BCUT2D eigenvalue weighted by atomic mass is 10.2. The summed E-state index contributed by atoms with van der Waals surface area (Å²) in [6.07, 6.45) is 8.70. The van der Waals surface area contributed by atoms with Crippen LogP contribution in [0.25, 0.3) is 16.9 Å². The van der Waals surface area contributed by atoms with Gasteiger partial charge in [-0.1, -0.05) is 0 Å². The molecule has 182 valence electrons. The third kappa shape index (κ3) is 4.71. The van der Waals surface area contributed by atoms with Crippen LogP contribution in [0.1, 0.15) is 5.69 Å². The van der Waals surface area contributed by atoms with Gasteiger partial charge in [0, 0.05) is 70.6 Å². The maximum atomic E-state index is 11.8. The summed E-state index contributed by atoms with van der Waals surface area (Å²) < 4.78 is 38.2. The van der Waals surface area contributed by atoms with Crippen LogP contribution >= 0.6 is 0 Å². The molecule has 34 heavy (non-hydrogen) atoms. The molecule has 2 saturated heterocycles. The van der Waals surface area contributed by atoms with Gasteiger partial charge in [0.15, 0.2) is 11.5 Å². The van der Waals surface area contributed by atoms with Crippen LogP contribution in [0.2, 0.25) is 0 Å². The Balaban J connectivity index is 1.47. The lowest BCUT2D eigenvalue weighted by Gasteiger charge is -2.32. The summed E-state index contributed by atoms with van der Waals surface area (Å²) >= 11 is 0. The Bertz CT molecular complexity index is 1270. The number of methoxy groups -OCH3 is 1. The van der Waals surface area contributed by atoms with Gasteiger partial charge in [-0.05, 0) is 6.07 Å². The van der Waals surface area contributed by atoms with Gasteiger partial charge in [-0.2, -0.15) is 4.31 Å². The SMILES string of the molecule is COc1ccncc1-c1cn2cc(CN3CCN(S(C)(=O)=O)CC3)nc2c(N2CCOCC2)n1. The number of nitrogens with zero attached hydrogens (tertiary/aromatic N) is 7. The Morgan fingerprint density at radius 1 is 1.06 bits per heavy atom. The molecule has 0 radical (unpaired) electrons. The first-order chi connectivity index (χ1) is 16.4. The van der Waals surface area contributed by atoms with Crippen LogP contribution in [-0.4, -0.2) is 103 Å². The second kappa shape index (κ2) is 9.45. The largest absolute Gasteiger partial charge is 0.496 e. The van der Waals surface area contributed by atoms with Crippen molar-refractivity contribution in [1.82, 2.24) is 28.6 Å². The fourth-order valence-electron chi connectivity index (χ4n) is 4.43. The molecule has 3 aromatic heterocycles. The van der Waals surface area contributed by atoms with Gasteiger partial charge < -0.3 is 18.8 Å². The highest BCUT2D eigenvalue weighted by atomic mass is 32.2. The maximum absolute atomic E-state index is 11.8. The van der Waals surface area contributed by atoms with Crippen molar-refractivity contribution in [2.24, 2.45) is 0 Å². The predicted molar refractivity (Wildman–Crippen MR) is 127 cm³/mol. The van der Waals surface area contributed by atoms with E-state index in [0.29, 0.717) is 51.7 Å². The van der Waals surface area contributed by atoms with E-state index in [1.807, 2.05) is 22.9 Å². The molecule has 2 fully saturated rings. The lowest BCUT2D eigenvalue weighted by molar-refractivity contribution is 0.122. The Kier molecular flexibility index (Phi) is 6.38. The number of hydrogen-bond donors (Lipinski definition) is 0. The quantitative estimate of drug-likeness (QED) is 0.497. The van der Waals surface area contributed by atoms with Crippen molar-refractivity contribution in [1.29, 1.82) is 0 Å². The van der Waals surface area contributed by atoms with Crippen molar-refractivity contribution in [3.8, 4) is 17.0 Å². The first-order valence-corrected chi connectivity index (χ1v) is 13.1. The van der Waals surface area contributed by atoms with Gasteiger partial charge in [-0.3, -0.25) is 9.88 Å². The number of pyridine rings is 1. The topological polar surface area (TPSA) is 105 Å². The summed E-state index contributed by atoms with van der Waals surface area (Å²) in [6, 6.07) is 1.82. The Labute approximate surface area is 199 Å². The predicted octanol–water partition coefficient (Wildman–Crippen LogP) is 0.714. The van der Waals surface area contributed by atoms with Crippen LogP contribution in [-0.2, 0) is 21.3 Å². The van der Waals surface area contributed by atoms with E-state index in [1.54, 1.807) is 19.5 Å². The zero-order chi connectivity index (χ0) is 23.7. The van der Waals surface area contributed by atoms with E-state index in [-0.39, 0.29) is 0 Å². The number of piperazine rings is 1. The molecule has 0 aliphatic carbocycles. The Morgan fingerprint density at radius 2 is 1.82 bits per heavy atom. The van der Waals surface area contributed by atoms with Gasteiger partial charge in [0.1, 0.15) is 5.75 Å². The molecule has 0 saturated carbocycles. The number of aromatic nitrogens is 4. The molecule has 0 aromatic carbocycles. The van der Waals surface area contributed by atoms with Crippen LogP contribution < -0.4 is 9.64 Å². The molecule has 0 bridgehead atoms. The molecule has 0 spiro atoms. The van der Waals surface area contributed by atoms with E-state index < -0.39 is 10.0 Å². The molecular weight excluding hydrogens is 458 g/mol. The number of sulfonamides is 1. The minimum Gasteiger partial charge on any atom is -0.496 e. The van der Waals surface area contributed by atoms with Crippen molar-refractivity contribution >= 4 is 21.5 Å². The van der Waals surface area contributed by atoms with Crippen molar-refractivity contribution in [2.75, 3.05) is 70.7 Å². The van der Waals surface area contributed by atoms with E-state index in [2.05, 4.69) is 14.8 Å². The molecule has 0 atom stereocenters. The highest BCUT2D eigenvalue weighted by Crippen LogP contribution is 2.31. The second-order valence-electron chi connectivity index (χ2n) is 8.53. The first-order valence-electron chi connectivity index (χ1n) is 11.3. The van der Waals surface area contributed by atoms with Crippen molar-refractivity contribution in [2.45, 2.75) is 6.54 Å². The zero-order valence-corrected chi connectivity index (χ0v) is 20.2. The van der Waals surface area contributed by atoms with E-state index >= 15 is 0 Å². The molecule has 12 heteroatoms. The molecule has 5 heterocycles. The van der Waals surface area contributed by atoms with Gasteiger partial charge in [0.2, 0.25) is 10.0 Å². The van der Waals surface area contributed by atoms with Gasteiger partial charge in [-0.25, -0.2) is 18.4 Å². The first kappa shape index (κ1) is 23.0. The third-order valence-corrected chi connectivity index (χ3v) is 7.55. The minimum absolute atomic E-state index is 0.498. The van der Waals surface area contributed by atoms with Gasteiger partial charge in [0.05, 0.1) is 43.5 Å². The maximum Gasteiger partial charge on any atom is 0.211 e. The molecule has 0 unspecified atom stereocenters. The van der Waals surface area contributed by atoms with Crippen LogP contribution in [0.3, 0.4) is 0 Å².